The van der Waals surface area contributed by atoms with Crippen molar-refractivity contribution in [1.29, 1.82) is 0 Å². The quantitative estimate of drug-likeness (QED) is 0.716. The van der Waals surface area contributed by atoms with Crippen LogP contribution in [0.2, 0.25) is 0 Å². The van der Waals surface area contributed by atoms with Crippen LogP contribution in [0.3, 0.4) is 0 Å². The van der Waals surface area contributed by atoms with Crippen molar-refractivity contribution in [3.63, 3.8) is 0 Å². The Morgan fingerprint density at radius 3 is 3.08 bits per heavy atom. The van der Waals surface area contributed by atoms with E-state index in [2.05, 4.69) is 6.92 Å². The molecule has 3 heteroatoms. The summed E-state index contributed by atoms with van der Waals surface area (Å²) in [7, 11) is 0. The molecule has 0 fully saturated rings. The SMILES string of the molecule is CCCCN1CC=CC=C1C(=O)O. The molecular formula is C10H15NO2. The first-order valence-corrected chi connectivity index (χ1v) is 4.60. The molecule has 1 aliphatic rings. The molecule has 0 aromatic carbocycles. The van der Waals surface area contributed by atoms with Crippen molar-refractivity contribution in [2.75, 3.05) is 13.1 Å². The van der Waals surface area contributed by atoms with Gasteiger partial charge in [0, 0.05) is 13.1 Å². The highest BCUT2D eigenvalue weighted by Gasteiger charge is 2.15. The maximum atomic E-state index is 10.8. The minimum Gasteiger partial charge on any atom is -0.477 e. The predicted molar refractivity (Wildman–Crippen MR) is 51.3 cm³/mol. The zero-order valence-corrected chi connectivity index (χ0v) is 7.86. The number of allylic oxidation sites excluding steroid dienone is 2. The van der Waals surface area contributed by atoms with Crippen LogP contribution in [0, 0.1) is 0 Å². The van der Waals surface area contributed by atoms with E-state index in [1.54, 1.807) is 12.2 Å². The molecule has 0 saturated heterocycles. The Hall–Kier alpha value is -1.25. The number of carboxylic acid groups (broad SMARTS) is 1. The van der Waals surface area contributed by atoms with Crippen LogP contribution in [0.15, 0.2) is 23.9 Å². The van der Waals surface area contributed by atoms with E-state index in [-0.39, 0.29) is 0 Å². The summed E-state index contributed by atoms with van der Waals surface area (Å²) in [6, 6.07) is 0. The summed E-state index contributed by atoms with van der Waals surface area (Å²) in [4.78, 5) is 12.7. The van der Waals surface area contributed by atoms with Gasteiger partial charge in [0.05, 0.1) is 0 Å². The van der Waals surface area contributed by atoms with Crippen LogP contribution in [-0.4, -0.2) is 29.1 Å². The molecule has 0 spiro atoms. The smallest absolute Gasteiger partial charge is 0.352 e. The third kappa shape index (κ3) is 2.61. The Labute approximate surface area is 78.4 Å². The van der Waals surface area contributed by atoms with Crippen LogP contribution < -0.4 is 0 Å². The van der Waals surface area contributed by atoms with E-state index >= 15 is 0 Å². The molecule has 0 bridgehead atoms. The van der Waals surface area contributed by atoms with Crippen LogP contribution in [-0.2, 0) is 4.79 Å². The molecule has 0 atom stereocenters. The molecule has 0 radical (unpaired) electrons. The molecule has 1 heterocycles. The summed E-state index contributed by atoms with van der Waals surface area (Å²) in [5, 5.41) is 8.86. The van der Waals surface area contributed by atoms with Crippen molar-refractivity contribution < 1.29 is 9.90 Å². The zero-order chi connectivity index (χ0) is 9.68. The second-order valence-electron chi connectivity index (χ2n) is 3.08. The third-order valence-electron chi connectivity index (χ3n) is 2.06. The number of unbranched alkanes of at least 4 members (excludes halogenated alkanes) is 1. The number of carbonyl (C=O) groups is 1. The molecule has 0 unspecified atom stereocenters. The average Bonchev–Trinajstić information content (AvgIpc) is 2.15. The molecule has 0 aliphatic carbocycles. The van der Waals surface area contributed by atoms with Crippen molar-refractivity contribution in [3.8, 4) is 0 Å². The Morgan fingerprint density at radius 2 is 2.46 bits per heavy atom. The lowest BCUT2D eigenvalue weighted by atomic mass is 10.2. The van der Waals surface area contributed by atoms with Gasteiger partial charge in [-0.3, -0.25) is 0 Å². The number of nitrogens with zero attached hydrogens (tertiary/aromatic N) is 1. The number of hydrogen-bond acceptors (Lipinski definition) is 2. The molecule has 1 rings (SSSR count). The number of hydrogen-bond donors (Lipinski definition) is 1. The van der Waals surface area contributed by atoms with E-state index in [9.17, 15) is 4.79 Å². The fourth-order valence-corrected chi connectivity index (χ4v) is 1.32. The van der Waals surface area contributed by atoms with Crippen molar-refractivity contribution >= 4 is 5.97 Å². The average molecular weight is 181 g/mol. The number of aliphatic carboxylic acids is 1. The minimum absolute atomic E-state index is 0.413. The molecule has 0 amide bonds. The lowest BCUT2D eigenvalue weighted by Gasteiger charge is -2.25. The van der Waals surface area contributed by atoms with Gasteiger partial charge < -0.3 is 10.0 Å². The van der Waals surface area contributed by atoms with Gasteiger partial charge in [-0.1, -0.05) is 25.5 Å². The highest BCUT2D eigenvalue weighted by Crippen LogP contribution is 2.10. The van der Waals surface area contributed by atoms with E-state index in [4.69, 9.17) is 5.11 Å². The molecular weight excluding hydrogens is 166 g/mol. The standard InChI is InChI=1S/C10H15NO2/c1-2-3-7-11-8-5-4-6-9(11)10(12)13/h4-6H,2-3,7-8H2,1H3,(H,12,13). The Morgan fingerprint density at radius 1 is 1.69 bits per heavy atom. The first kappa shape index (κ1) is 9.84. The minimum atomic E-state index is -0.833. The lowest BCUT2D eigenvalue weighted by molar-refractivity contribution is -0.134. The normalized spacial score (nSPS) is 15.8. The van der Waals surface area contributed by atoms with Gasteiger partial charge in [-0.25, -0.2) is 4.79 Å². The van der Waals surface area contributed by atoms with E-state index in [1.165, 1.54) is 0 Å². The fraction of sp³-hybridized carbons (Fsp3) is 0.500. The van der Waals surface area contributed by atoms with Gasteiger partial charge in [-0.2, -0.15) is 0 Å². The van der Waals surface area contributed by atoms with Gasteiger partial charge >= 0.3 is 5.97 Å². The first-order valence-electron chi connectivity index (χ1n) is 4.60. The first-order chi connectivity index (χ1) is 6.25. The summed E-state index contributed by atoms with van der Waals surface area (Å²) in [5.74, 6) is -0.833. The topological polar surface area (TPSA) is 40.5 Å². The van der Waals surface area contributed by atoms with Crippen LogP contribution >= 0.6 is 0 Å². The fourth-order valence-electron chi connectivity index (χ4n) is 1.32. The molecule has 1 aliphatic heterocycles. The summed E-state index contributed by atoms with van der Waals surface area (Å²) in [6.07, 6.45) is 7.56. The number of rotatable bonds is 4. The molecule has 1 N–H and O–H groups in total. The van der Waals surface area contributed by atoms with Crippen LogP contribution in [0.5, 0.6) is 0 Å². The molecule has 13 heavy (non-hydrogen) atoms. The molecule has 0 aromatic rings. The third-order valence-corrected chi connectivity index (χ3v) is 2.06. The van der Waals surface area contributed by atoms with Crippen molar-refractivity contribution in [2.24, 2.45) is 0 Å². The van der Waals surface area contributed by atoms with Gasteiger partial charge in [0.25, 0.3) is 0 Å². The van der Waals surface area contributed by atoms with E-state index in [0.717, 1.165) is 25.9 Å². The second-order valence-corrected chi connectivity index (χ2v) is 3.08. The van der Waals surface area contributed by atoms with Gasteiger partial charge in [-0.15, -0.1) is 0 Å². The van der Waals surface area contributed by atoms with Gasteiger partial charge in [0.15, 0.2) is 0 Å². The van der Waals surface area contributed by atoms with Crippen molar-refractivity contribution in [3.05, 3.63) is 23.9 Å². The van der Waals surface area contributed by atoms with E-state index in [0.29, 0.717) is 5.70 Å². The molecule has 3 nitrogen and oxygen atoms in total. The summed E-state index contributed by atoms with van der Waals surface area (Å²) in [6.45, 7) is 3.65. The monoisotopic (exact) mass is 181 g/mol. The Bertz CT molecular complexity index is 243. The summed E-state index contributed by atoms with van der Waals surface area (Å²) >= 11 is 0. The van der Waals surface area contributed by atoms with Crippen molar-refractivity contribution in [1.82, 2.24) is 4.90 Å². The maximum absolute atomic E-state index is 10.8. The van der Waals surface area contributed by atoms with Gasteiger partial charge in [-0.05, 0) is 12.5 Å². The van der Waals surface area contributed by atoms with Crippen LogP contribution in [0.1, 0.15) is 19.8 Å². The van der Waals surface area contributed by atoms with E-state index < -0.39 is 5.97 Å². The van der Waals surface area contributed by atoms with E-state index in [1.807, 2.05) is 11.0 Å². The lowest BCUT2D eigenvalue weighted by Crippen LogP contribution is -2.30. The second kappa shape index (κ2) is 4.70. The summed E-state index contributed by atoms with van der Waals surface area (Å²) in [5.41, 5.74) is 0.413. The van der Waals surface area contributed by atoms with Gasteiger partial charge in [0.2, 0.25) is 0 Å². The maximum Gasteiger partial charge on any atom is 0.352 e. The number of carboxylic acids is 1. The highest BCUT2D eigenvalue weighted by molar-refractivity contribution is 5.86. The predicted octanol–water partition coefficient (Wildman–Crippen LogP) is 1.63. The largest absolute Gasteiger partial charge is 0.477 e. The van der Waals surface area contributed by atoms with Gasteiger partial charge in [0.1, 0.15) is 5.70 Å². The molecule has 0 saturated carbocycles. The van der Waals surface area contributed by atoms with Crippen LogP contribution in [0.25, 0.3) is 0 Å². The zero-order valence-electron chi connectivity index (χ0n) is 7.86. The molecule has 72 valence electrons. The summed E-state index contributed by atoms with van der Waals surface area (Å²) < 4.78 is 0. The van der Waals surface area contributed by atoms with Crippen molar-refractivity contribution in [2.45, 2.75) is 19.8 Å². The molecule has 0 aromatic heterocycles. The Kier molecular flexibility index (Phi) is 3.55. The highest BCUT2D eigenvalue weighted by atomic mass is 16.4. The van der Waals surface area contributed by atoms with Crippen LogP contribution in [0.4, 0.5) is 0 Å². The Balaban J connectivity index is 2.58.